The summed E-state index contributed by atoms with van der Waals surface area (Å²) in [6, 6.07) is 8.52. The molecule has 0 aliphatic heterocycles. The van der Waals surface area contributed by atoms with E-state index in [0.717, 1.165) is 0 Å². The minimum atomic E-state index is -0.500. The summed E-state index contributed by atoms with van der Waals surface area (Å²) < 4.78 is 9.32. The Bertz CT molecular complexity index is 332. The summed E-state index contributed by atoms with van der Waals surface area (Å²) in [5, 5.41) is 0. The molecule has 0 N–H and O–H groups in total. The Kier molecular flexibility index (Phi) is 4.34. The van der Waals surface area contributed by atoms with Gasteiger partial charge in [-0.15, -0.1) is 0 Å². The highest BCUT2D eigenvalue weighted by Gasteiger charge is 2.06. The van der Waals surface area contributed by atoms with Crippen molar-refractivity contribution in [1.82, 2.24) is 0 Å². The Labute approximate surface area is 87.8 Å². The lowest BCUT2D eigenvalue weighted by Crippen LogP contribution is -2.12. The molecule has 0 amide bonds. The van der Waals surface area contributed by atoms with Crippen molar-refractivity contribution in [2.24, 2.45) is 0 Å². The van der Waals surface area contributed by atoms with E-state index < -0.39 is 11.9 Å². The van der Waals surface area contributed by atoms with Crippen LogP contribution in [0, 0.1) is 0 Å². The highest BCUT2D eigenvalue weighted by atomic mass is 16.7. The van der Waals surface area contributed by atoms with Gasteiger partial charge in [-0.1, -0.05) is 25.1 Å². The van der Waals surface area contributed by atoms with Gasteiger partial charge in [0.15, 0.2) is 0 Å². The maximum Gasteiger partial charge on any atom is 0.340 e. The summed E-state index contributed by atoms with van der Waals surface area (Å²) >= 11 is 0. The Balaban J connectivity index is 2.34. The molecule has 0 bridgehead atoms. The zero-order valence-corrected chi connectivity index (χ0v) is 8.43. The predicted molar refractivity (Wildman–Crippen MR) is 53.1 cm³/mol. The maximum absolute atomic E-state index is 11.3. The average molecular weight is 208 g/mol. The van der Waals surface area contributed by atoms with Crippen LogP contribution in [0.3, 0.4) is 0 Å². The number of ether oxygens (including phenoxy) is 2. The van der Waals surface area contributed by atoms with Crippen molar-refractivity contribution in [3.63, 3.8) is 0 Å². The zero-order valence-electron chi connectivity index (χ0n) is 8.43. The van der Waals surface area contributed by atoms with Gasteiger partial charge in [-0.3, -0.25) is 4.79 Å². The molecule has 0 radical (unpaired) electrons. The van der Waals surface area contributed by atoms with Crippen LogP contribution in [-0.4, -0.2) is 18.7 Å². The van der Waals surface area contributed by atoms with Crippen LogP contribution < -0.4 is 0 Å². The van der Waals surface area contributed by atoms with E-state index in [1.54, 1.807) is 37.3 Å². The van der Waals surface area contributed by atoms with Crippen LogP contribution >= 0.6 is 0 Å². The average Bonchev–Trinajstić information content (AvgIpc) is 2.29. The monoisotopic (exact) mass is 208 g/mol. The topological polar surface area (TPSA) is 52.6 Å². The van der Waals surface area contributed by atoms with E-state index in [1.807, 2.05) is 0 Å². The number of benzene rings is 1. The van der Waals surface area contributed by atoms with Crippen molar-refractivity contribution in [3.05, 3.63) is 35.9 Å². The van der Waals surface area contributed by atoms with Crippen molar-refractivity contribution in [1.29, 1.82) is 0 Å². The van der Waals surface area contributed by atoms with Gasteiger partial charge >= 0.3 is 11.9 Å². The van der Waals surface area contributed by atoms with Crippen molar-refractivity contribution >= 4 is 11.9 Å². The second-order valence-electron chi connectivity index (χ2n) is 2.79. The molecule has 15 heavy (non-hydrogen) atoms. The molecule has 0 spiro atoms. The summed E-state index contributed by atoms with van der Waals surface area (Å²) in [5.41, 5.74) is 0.435. The van der Waals surface area contributed by atoms with Crippen molar-refractivity contribution in [3.8, 4) is 0 Å². The summed E-state index contributed by atoms with van der Waals surface area (Å²) in [6.07, 6.45) is 0.267. The molecule has 4 nitrogen and oxygen atoms in total. The first-order chi connectivity index (χ1) is 7.24. The number of carbonyl (C=O) groups excluding carboxylic acids is 2. The van der Waals surface area contributed by atoms with Crippen LogP contribution in [-0.2, 0) is 14.3 Å². The number of hydrogen-bond donors (Lipinski definition) is 0. The van der Waals surface area contributed by atoms with E-state index in [-0.39, 0.29) is 13.2 Å². The molecule has 80 valence electrons. The molecule has 1 aromatic carbocycles. The Hall–Kier alpha value is -1.84. The molecule has 4 heteroatoms. The summed E-state index contributed by atoms with van der Waals surface area (Å²) in [6.45, 7) is 1.34. The summed E-state index contributed by atoms with van der Waals surface area (Å²) in [5.74, 6) is -0.893. The Morgan fingerprint density at radius 1 is 1.13 bits per heavy atom. The quantitative estimate of drug-likeness (QED) is 0.558. The normalized spacial score (nSPS) is 9.40. The van der Waals surface area contributed by atoms with Gasteiger partial charge in [-0.2, -0.15) is 0 Å². The van der Waals surface area contributed by atoms with Gasteiger partial charge in [0, 0.05) is 6.42 Å². The van der Waals surface area contributed by atoms with Crippen molar-refractivity contribution in [2.75, 3.05) is 6.79 Å². The highest BCUT2D eigenvalue weighted by Crippen LogP contribution is 2.00. The zero-order chi connectivity index (χ0) is 11.1. The lowest BCUT2D eigenvalue weighted by Gasteiger charge is -2.04. The van der Waals surface area contributed by atoms with E-state index in [1.165, 1.54) is 0 Å². The molecule has 0 unspecified atom stereocenters. The highest BCUT2D eigenvalue weighted by molar-refractivity contribution is 5.89. The summed E-state index contributed by atoms with van der Waals surface area (Å²) in [4.78, 5) is 22.0. The number of hydrogen-bond acceptors (Lipinski definition) is 4. The van der Waals surface area contributed by atoms with E-state index in [9.17, 15) is 9.59 Å². The van der Waals surface area contributed by atoms with Crippen LogP contribution in [0.5, 0.6) is 0 Å². The molecule has 1 aromatic rings. The van der Waals surface area contributed by atoms with Crippen molar-refractivity contribution < 1.29 is 19.1 Å². The third-order valence-corrected chi connectivity index (χ3v) is 1.71. The molecule has 0 saturated carbocycles. The number of rotatable bonds is 4. The molecule has 0 saturated heterocycles. The largest absolute Gasteiger partial charge is 0.428 e. The molecule has 0 heterocycles. The van der Waals surface area contributed by atoms with Gasteiger partial charge in [0.25, 0.3) is 0 Å². The molecule has 0 atom stereocenters. The van der Waals surface area contributed by atoms with Gasteiger partial charge in [0.2, 0.25) is 6.79 Å². The lowest BCUT2D eigenvalue weighted by molar-refractivity contribution is -0.151. The number of carbonyl (C=O) groups is 2. The van der Waals surface area contributed by atoms with Gasteiger partial charge in [-0.05, 0) is 12.1 Å². The smallest absolute Gasteiger partial charge is 0.340 e. The second kappa shape index (κ2) is 5.80. The minimum Gasteiger partial charge on any atom is -0.428 e. The number of esters is 2. The molecule has 1 rings (SSSR count). The fourth-order valence-corrected chi connectivity index (χ4v) is 0.908. The molecule has 0 aliphatic rings. The fourth-order valence-electron chi connectivity index (χ4n) is 0.908. The van der Waals surface area contributed by atoms with E-state index in [0.29, 0.717) is 5.56 Å². The van der Waals surface area contributed by atoms with Gasteiger partial charge < -0.3 is 9.47 Å². The first-order valence-corrected chi connectivity index (χ1v) is 4.62. The Morgan fingerprint density at radius 3 is 2.40 bits per heavy atom. The van der Waals surface area contributed by atoms with E-state index >= 15 is 0 Å². The van der Waals surface area contributed by atoms with E-state index in [4.69, 9.17) is 4.74 Å². The van der Waals surface area contributed by atoms with Gasteiger partial charge in [-0.25, -0.2) is 4.79 Å². The van der Waals surface area contributed by atoms with Gasteiger partial charge in [0.1, 0.15) is 0 Å². The van der Waals surface area contributed by atoms with Crippen LogP contribution in [0.25, 0.3) is 0 Å². The van der Waals surface area contributed by atoms with Gasteiger partial charge in [0.05, 0.1) is 5.56 Å². The molecule has 0 aromatic heterocycles. The van der Waals surface area contributed by atoms with Crippen molar-refractivity contribution in [2.45, 2.75) is 13.3 Å². The molecule has 0 fully saturated rings. The van der Waals surface area contributed by atoms with Crippen LogP contribution in [0.2, 0.25) is 0 Å². The first kappa shape index (κ1) is 11.2. The molecular weight excluding hydrogens is 196 g/mol. The van der Waals surface area contributed by atoms with Crippen LogP contribution in [0.15, 0.2) is 30.3 Å². The fraction of sp³-hybridized carbons (Fsp3) is 0.273. The maximum atomic E-state index is 11.3. The molecule has 0 aliphatic carbocycles. The van der Waals surface area contributed by atoms with Crippen LogP contribution in [0.4, 0.5) is 0 Å². The second-order valence-corrected chi connectivity index (χ2v) is 2.79. The minimum absolute atomic E-state index is 0.267. The van der Waals surface area contributed by atoms with Crippen LogP contribution in [0.1, 0.15) is 23.7 Å². The lowest BCUT2D eigenvalue weighted by atomic mass is 10.2. The third kappa shape index (κ3) is 3.81. The Morgan fingerprint density at radius 2 is 1.80 bits per heavy atom. The summed E-state index contributed by atoms with van der Waals surface area (Å²) in [7, 11) is 0. The van der Waals surface area contributed by atoms with E-state index in [2.05, 4.69) is 4.74 Å². The first-order valence-electron chi connectivity index (χ1n) is 4.62. The predicted octanol–water partition coefficient (Wildman–Crippen LogP) is 1.75. The SMILES string of the molecule is CCC(=O)OCOC(=O)c1ccccc1. The third-order valence-electron chi connectivity index (χ3n) is 1.71. The standard InChI is InChI=1S/C11H12O4/c1-2-10(12)14-8-15-11(13)9-6-4-3-5-7-9/h3-7H,2,8H2,1H3. The molecular formula is C11H12O4.